The molecule has 0 atom stereocenters. The summed E-state index contributed by atoms with van der Waals surface area (Å²) in [6.45, 7) is 3.63. The zero-order valence-electron chi connectivity index (χ0n) is 15.2. The zero-order chi connectivity index (χ0) is 17.7. The van der Waals surface area contributed by atoms with Crippen molar-refractivity contribution in [2.45, 2.75) is 57.0 Å². The van der Waals surface area contributed by atoms with Gasteiger partial charge in [-0.2, -0.15) is 0 Å². The summed E-state index contributed by atoms with van der Waals surface area (Å²) in [5.41, 5.74) is 0.847. The zero-order valence-corrected chi connectivity index (χ0v) is 15.2. The van der Waals surface area contributed by atoms with Gasteiger partial charge in [0, 0.05) is 42.1 Å². The summed E-state index contributed by atoms with van der Waals surface area (Å²) >= 11 is 0. The fourth-order valence-electron chi connectivity index (χ4n) is 4.97. The summed E-state index contributed by atoms with van der Waals surface area (Å²) in [6.07, 6.45) is 5.87. The van der Waals surface area contributed by atoms with Crippen LogP contribution in [0.2, 0.25) is 0 Å². The molecule has 0 aromatic carbocycles. The lowest BCUT2D eigenvalue weighted by Gasteiger charge is -2.55. The minimum Gasteiger partial charge on any atom is -0.481 e. The Kier molecular flexibility index (Phi) is 4.02. The number of amides is 1. The Bertz CT molecular complexity index is 649. The van der Waals surface area contributed by atoms with Crippen LogP contribution >= 0.6 is 0 Å². The minimum atomic E-state index is -0.620. The molecule has 1 spiro atoms. The number of likely N-dealkylation sites (tertiary alicyclic amines) is 1. The van der Waals surface area contributed by atoms with Gasteiger partial charge in [-0.3, -0.25) is 4.79 Å². The lowest BCUT2D eigenvalue weighted by Crippen LogP contribution is -2.62. The predicted octanol–water partition coefficient (Wildman–Crippen LogP) is 2.74. The Labute approximate surface area is 149 Å². The lowest BCUT2D eigenvalue weighted by atomic mass is 9.64. The number of aromatic nitrogens is 1. The molecule has 2 heterocycles. The van der Waals surface area contributed by atoms with E-state index in [0.717, 1.165) is 31.6 Å². The van der Waals surface area contributed by atoms with E-state index in [1.54, 1.807) is 7.11 Å². The summed E-state index contributed by atoms with van der Waals surface area (Å²) in [7, 11) is 1.66. The molecular formula is C20H28N2O3. The Hall–Kier alpha value is -1.62. The number of methoxy groups -OCH3 is 1. The third-order valence-corrected chi connectivity index (χ3v) is 6.50. The van der Waals surface area contributed by atoms with Gasteiger partial charge in [-0.25, -0.2) is 4.98 Å². The van der Waals surface area contributed by atoms with Gasteiger partial charge in [-0.15, -0.1) is 0 Å². The summed E-state index contributed by atoms with van der Waals surface area (Å²) in [5, 5.41) is 9.84. The number of rotatable bonds is 3. The van der Waals surface area contributed by atoms with Gasteiger partial charge < -0.3 is 14.7 Å². The number of pyridine rings is 1. The molecule has 1 aliphatic heterocycles. The van der Waals surface area contributed by atoms with Crippen LogP contribution in [0, 0.1) is 11.3 Å². The van der Waals surface area contributed by atoms with Crippen molar-refractivity contribution in [1.29, 1.82) is 0 Å². The van der Waals surface area contributed by atoms with Gasteiger partial charge >= 0.3 is 0 Å². The van der Waals surface area contributed by atoms with Crippen molar-refractivity contribution in [2.75, 3.05) is 20.2 Å². The highest BCUT2D eigenvalue weighted by molar-refractivity contribution is 5.81. The lowest BCUT2D eigenvalue weighted by molar-refractivity contribution is -0.163. The molecule has 1 saturated heterocycles. The first kappa shape index (κ1) is 16.8. The van der Waals surface area contributed by atoms with E-state index >= 15 is 0 Å². The maximum Gasteiger partial charge on any atom is 0.225 e. The molecule has 0 radical (unpaired) electrons. The van der Waals surface area contributed by atoms with Crippen molar-refractivity contribution in [2.24, 2.45) is 11.3 Å². The average Bonchev–Trinajstić information content (AvgIpc) is 2.57. The van der Waals surface area contributed by atoms with E-state index < -0.39 is 5.60 Å². The van der Waals surface area contributed by atoms with Crippen LogP contribution in [0.15, 0.2) is 18.2 Å². The van der Waals surface area contributed by atoms with E-state index in [1.165, 1.54) is 12.8 Å². The van der Waals surface area contributed by atoms with Crippen molar-refractivity contribution in [3.8, 4) is 5.88 Å². The second kappa shape index (κ2) is 5.97. The molecule has 5 nitrogen and oxygen atoms in total. The molecule has 2 aliphatic carbocycles. The molecule has 1 aromatic heterocycles. The van der Waals surface area contributed by atoms with Gasteiger partial charge in [-0.05, 0) is 51.5 Å². The summed E-state index contributed by atoms with van der Waals surface area (Å²) in [5.74, 6) is 1.50. The molecule has 3 fully saturated rings. The van der Waals surface area contributed by atoms with Gasteiger partial charge in [-0.1, -0.05) is 6.07 Å². The molecule has 3 aliphatic rings. The first-order valence-electron chi connectivity index (χ1n) is 9.42. The number of carbonyl (C=O) groups excluding carboxylic acids is 1. The molecule has 1 amide bonds. The Balaban J connectivity index is 1.29. The third-order valence-electron chi connectivity index (χ3n) is 6.50. The van der Waals surface area contributed by atoms with Crippen molar-refractivity contribution in [3.63, 3.8) is 0 Å². The van der Waals surface area contributed by atoms with Gasteiger partial charge in [0.15, 0.2) is 0 Å². The van der Waals surface area contributed by atoms with Crippen LogP contribution in [-0.4, -0.2) is 46.7 Å². The van der Waals surface area contributed by atoms with E-state index in [1.807, 2.05) is 24.0 Å². The van der Waals surface area contributed by atoms with Gasteiger partial charge in [0.25, 0.3) is 0 Å². The normalized spacial score (nSPS) is 31.3. The highest BCUT2D eigenvalue weighted by atomic mass is 16.5. The molecule has 25 heavy (non-hydrogen) atoms. The average molecular weight is 344 g/mol. The molecule has 2 saturated carbocycles. The van der Waals surface area contributed by atoms with Crippen LogP contribution < -0.4 is 4.74 Å². The topological polar surface area (TPSA) is 62.7 Å². The highest BCUT2D eigenvalue weighted by Gasteiger charge is 2.51. The maximum absolute atomic E-state index is 12.5. The van der Waals surface area contributed by atoms with Gasteiger partial charge in [0.05, 0.1) is 12.7 Å². The second-order valence-corrected chi connectivity index (χ2v) is 8.68. The van der Waals surface area contributed by atoms with Gasteiger partial charge in [0.2, 0.25) is 11.8 Å². The SMILES string of the molecule is COc1cccc(C2CCC3(CC2)CN(C(=O)C2CC(C)(O)C2)C3)n1. The quantitative estimate of drug-likeness (QED) is 0.916. The fraction of sp³-hybridized carbons (Fsp3) is 0.700. The Morgan fingerprint density at radius 2 is 1.96 bits per heavy atom. The summed E-state index contributed by atoms with van der Waals surface area (Å²) in [6, 6.07) is 6.01. The van der Waals surface area contributed by atoms with E-state index in [9.17, 15) is 9.90 Å². The van der Waals surface area contributed by atoms with E-state index in [-0.39, 0.29) is 11.8 Å². The number of aliphatic hydroxyl groups is 1. The van der Waals surface area contributed by atoms with E-state index in [2.05, 4.69) is 11.1 Å². The molecule has 1 N–H and O–H groups in total. The standard InChI is InChI=1S/C20H28N2O3/c1-19(24)10-15(11-19)18(23)22-12-20(13-22)8-6-14(7-9-20)16-4-3-5-17(21-16)25-2/h3-5,14-15,24H,6-13H2,1-2H3. The summed E-state index contributed by atoms with van der Waals surface area (Å²) < 4.78 is 5.24. The summed E-state index contributed by atoms with van der Waals surface area (Å²) in [4.78, 5) is 19.1. The molecule has 0 unspecified atom stereocenters. The molecular weight excluding hydrogens is 316 g/mol. The van der Waals surface area contributed by atoms with Crippen molar-refractivity contribution >= 4 is 5.91 Å². The monoisotopic (exact) mass is 344 g/mol. The molecule has 136 valence electrons. The molecule has 1 aromatic rings. The Morgan fingerprint density at radius 3 is 2.56 bits per heavy atom. The van der Waals surface area contributed by atoms with Gasteiger partial charge in [0.1, 0.15) is 0 Å². The van der Waals surface area contributed by atoms with Crippen molar-refractivity contribution in [1.82, 2.24) is 9.88 Å². The number of hydrogen-bond acceptors (Lipinski definition) is 4. The number of carbonyl (C=O) groups is 1. The largest absolute Gasteiger partial charge is 0.481 e. The Morgan fingerprint density at radius 1 is 1.28 bits per heavy atom. The molecule has 4 rings (SSSR count). The van der Waals surface area contributed by atoms with Crippen LogP contribution in [0.1, 0.15) is 57.1 Å². The van der Waals surface area contributed by atoms with E-state index in [4.69, 9.17) is 4.74 Å². The molecule has 0 bridgehead atoms. The van der Waals surface area contributed by atoms with Crippen LogP contribution in [-0.2, 0) is 4.79 Å². The minimum absolute atomic E-state index is 0.0460. The predicted molar refractivity (Wildman–Crippen MR) is 94.4 cm³/mol. The first-order chi connectivity index (χ1) is 11.9. The first-order valence-corrected chi connectivity index (χ1v) is 9.42. The van der Waals surface area contributed by atoms with E-state index in [0.29, 0.717) is 30.1 Å². The highest BCUT2D eigenvalue weighted by Crippen LogP contribution is 2.49. The number of nitrogens with zero attached hydrogens (tertiary/aromatic N) is 2. The third kappa shape index (κ3) is 3.14. The van der Waals surface area contributed by atoms with Crippen LogP contribution in [0.3, 0.4) is 0 Å². The molecule has 5 heteroatoms. The van der Waals surface area contributed by atoms with Crippen LogP contribution in [0.4, 0.5) is 0 Å². The van der Waals surface area contributed by atoms with Crippen molar-refractivity contribution < 1.29 is 14.6 Å². The van der Waals surface area contributed by atoms with Crippen molar-refractivity contribution in [3.05, 3.63) is 23.9 Å². The number of hydrogen-bond donors (Lipinski definition) is 1. The maximum atomic E-state index is 12.5. The van der Waals surface area contributed by atoms with Crippen LogP contribution in [0.25, 0.3) is 0 Å². The fourth-order valence-corrected chi connectivity index (χ4v) is 4.97. The second-order valence-electron chi connectivity index (χ2n) is 8.68. The number of ether oxygens (including phenoxy) is 1. The van der Waals surface area contributed by atoms with Crippen LogP contribution in [0.5, 0.6) is 5.88 Å². The smallest absolute Gasteiger partial charge is 0.225 e.